The number of carbonyl (C=O) groups excluding carboxylic acids is 2. The number of thiazole rings is 1. The number of aromatic nitrogens is 1. The first-order chi connectivity index (χ1) is 12.8. The van der Waals surface area contributed by atoms with Crippen LogP contribution in [-0.2, 0) is 11.2 Å². The van der Waals surface area contributed by atoms with Crippen molar-refractivity contribution in [2.75, 3.05) is 5.32 Å². The first-order valence-corrected chi connectivity index (χ1v) is 9.25. The maximum Gasteiger partial charge on any atom is 0.413 e. The quantitative estimate of drug-likeness (QED) is 0.613. The molecule has 140 valence electrons. The first kappa shape index (κ1) is 18.8. The molecule has 0 aliphatic carbocycles. The highest BCUT2D eigenvalue weighted by atomic mass is 32.1. The monoisotopic (exact) mass is 384 g/mol. The number of amides is 1. The minimum atomic E-state index is -0.628. The number of rotatable bonds is 5. The van der Waals surface area contributed by atoms with Crippen LogP contribution in [0.1, 0.15) is 36.0 Å². The van der Waals surface area contributed by atoms with E-state index in [0.717, 1.165) is 16.9 Å². The first-order valence-electron chi connectivity index (χ1n) is 8.43. The molecule has 1 aromatic carbocycles. The van der Waals surface area contributed by atoms with E-state index in [-0.39, 0.29) is 17.3 Å². The summed E-state index contributed by atoms with van der Waals surface area (Å²) in [6.07, 6.45) is 1.13. The smallest absolute Gasteiger partial charge is 0.413 e. The van der Waals surface area contributed by atoms with Crippen molar-refractivity contribution in [2.45, 2.75) is 32.8 Å². The number of hydrogen-bond acceptors (Lipinski definition) is 6. The molecule has 0 radical (unpaired) electrons. The van der Waals surface area contributed by atoms with Gasteiger partial charge in [0.2, 0.25) is 0 Å². The molecule has 1 N–H and O–H groups in total. The standard InChI is InChI=1S/C20H20N2O4S/c1-20(2,3)26-19(24)22-18-21-16(15-10-7-11-25-15)17(27-18)14(23)12-13-8-5-4-6-9-13/h4-11H,12H2,1-3H3,(H,21,22,24). The lowest BCUT2D eigenvalue weighted by molar-refractivity contribution is 0.0635. The fraction of sp³-hybridized carbons (Fsp3) is 0.250. The summed E-state index contributed by atoms with van der Waals surface area (Å²) in [4.78, 5) is 29.7. The van der Waals surface area contributed by atoms with Crippen molar-refractivity contribution < 1.29 is 18.7 Å². The zero-order valence-electron chi connectivity index (χ0n) is 15.3. The molecule has 0 unspecified atom stereocenters. The molecule has 0 fully saturated rings. The van der Waals surface area contributed by atoms with Crippen LogP contribution in [0.15, 0.2) is 53.1 Å². The van der Waals surface area contributed by atoms with E-state index in [1.54, 1.807) is 32.9 Å². The number of benzene rings is 1. The Morgan fingerprint density at radius 1 is 1.15 bits per heavy atom. The van der Waals surface area contributed by atoms with Crippen LogP contribution >= 0.6 is 11.3 Å². The van der Waals surface area contributed by atoms with Crippen LogP contribution < -0.4 is 5.32 Å². The summed E-state index contributed by atoms with van der Waals surface area (Å²) >= 11 is 1.11. The van der Waals surface area contributed by atoms with E-state index in [0.29, 0.717) is 16.3 Å². The van der Waals surface area contributed by atoms with Gasteiger partial charge in [-0.25, -0.2) is 9.78 Å². The molecule has 0 aliphatic heterocycles. The molecule has 3 rings (SSSR count). The van der Waals surface area contributed by atoms with Gasteiger partial charge >= 0.3 is 6.09 Å². The highest BCUT2D eigenvalue weighted by Gasteiger charge is 2.23. The fourth-order valence-corrected chi connectivity index (χ4v) is 3.29. The van der Waals surface area contributed by atoms with Crippen LogP contribution in [0.5, 0.6) is 0 Å². The summed E-state index contributed by atoms with van der Waals surface area (Å²) in [5.41, 5.74) is 0.692. The van der Waals surface area contributed by atoms with Crippen LogP contribution in [0.25, 0.3) is 11.5 Å². The van der Waals surface area contributed by atoms with Crippen molar-refractivity contribution in [3.05, 3.63) is 59.2 Å². The molecule has 0 saturated carbocycles. The van der Waals surface area contributed by atoms with Gasteiger partial charge in [0.05, 0.1) is 6.26 Å². The van der Waals surface area contributed by atoms with Crippen molar-refractivity contribution in [1.82, 2.24) is 4.98 Å². The van der Waals surface area contributed by atoms with E-state index >= 15 is 0 Å². The minimum Gasteiger partial charge on any atom is -0.463 e. The average Bonchev–Trinajstić information content (AvgIpc) is 3.23. The van der Waals surface area contributed by atoms with Crippen LogP contribution in [-0.4, -0.2) is 22.5 Å². The van der Waals surface area contributed by atoms with Crippen molar-refractivity contribution in [3.8, 4) is 11.5 Å². The number of anilines is 1. The van der Waals surface area contributed by atoms with Crippen molar-refractivity contribution in [1.29, 1.82) is 0 Å². The van der Waals surface area contributed by atoms with Gasteiger partial charge in [0.1, 0.15) is 16.2 Å². The number of nitrogens with zero attached hydrogens (tertiary/aromatic N) is 1. The molecule has 7 heteroatoms. The summed E-state index contributed by atoms with van der Waals surface area (Å²) < 4.78 is 10.7. The SMILES string of the molecule is CC(C)(C)OC(=O)Nc1nc(-c2ccco2)c(C(=O)Cc2ccccc2)s1. The van der Waals surface area contributed by atoms with E-state index in [1.807, 2.05) is 30.3 Å². The minimum absolute atomic E-state index is 0.0951. The number of ketones is 1. The topological polar surface area (TPSA) is 81.4 Å². The summed E-state index contributed by atoms with van der Waals surface area (Å²) in [6.45, 7) is 5.33. The van der Waals surface area contributed by atoms with Crippen LogP contribution in [0.2, 0.25) is 0 Å². The number of ether oxygens (including phenoxy) is 1. The van der Waals surface area contributed by atoms with E-state index in [1.165, 1.54) is 6.26 Å². The highest BCUT2D eigenvalue weighted by molar-refractivity contribution is 7.18. The molecule has 6 nitrogen and oxygen atoms in total. The van der Waals surface area contributed by atoms with Gasteiger partial charge in [0.25, 0.3) is 0 Å². The summed E-state index contributed by atoms with van der Waals surface area (Å²) in [6, 6.07) is 12.9. The van der Waals surface area contributed by atoms with Gasteiger partial charge in [-0.3, -0.25) is 10.1 Å². The number of hydrogen-bond donors (Lipinski definition) is 1. The van der Waals surface area contributed by atoms with Gasteiger partial charge in [0, 0.05) is 6.42 Å². The van der Waals surface area contributed by atoms with E-state index in [9.17, 15) is 9.59 Å². The van der Waals surface area contributed by atoms with Crippen LogP contribution in [0.4, 0.5) is 9.93 Å². The Morgan fingerprint density at radius 3 is 2.52 bits per heavy atom. The summed E-state index contributed by atoms with van der Waals surface area (Å²) in [7, 11) is 0. The third-order valence-electron chi connectivity index (χ3n) is 3.45. The van der Waals surface area contributed by atoms with Crippen LogP contribution in [0, 0.1) is 0 Å². The lowest BCUT2D eigenvalue weighted by Gasteiger charge is -2.18. The number of Topliss-reactive ketones (excluding diaryl/α,β-unsaturated/α-hetero) is 1. The van der Waals surface area contributed by atoms with Gasteiger partial charge < -0.3 is 9.15 Å². The molecule has 2 aromatic heterocycles. The molecule has 3 aromatic rings. The van der Waals surface area contributed by atoms with Crippen LogP contribution in [0.3, 0.4) is 0 Å². The Kier molecular flexibility index (Phi) is 5.41. The van der Waals surface area contributed by atoms with Crippen molar-refractivity contribution in [3.63, 3.8) is 0 Å². The maximum atomic E-state index is 12.8. The highest BCUT2D eigenvalue weighted by Crippen LogP contribution is 2.32. The molecule has 1 amide bonds. The second kappa shape index (κ2) is 7.75. The van der Waals surface area contributed by atoms with Gasteiger partial charge in [-0.1, -0.05) is 41.7 Å². The molecular weight excluding hydrogens is 364 g/mol. The van der Waals surface area contributed by atoms with E-state index < -0.39 is 11.7 Å². The van der Waals surface area contributed by atoms with E-state index in [4.69, 9.17) is 9.15 Å². The predicted octanol–water partition coefficient (Wildman–Crippen LogP) is 5.18. The molecule has 0 saturated heterocycles. The lowest BCUT2D eigenvalue weighted by Crippen LogP contribution is -2.27. The predicted molar refractivity (Wildman–Crippen MR) is 104 cm³/mol. The zero-order valence-corrected chi connectivity index (χ0v) is 16.1. The largest absolute Gasteiger partial charge is 0.463 e. The number of furan rings is 1. The number of carbonyl (C=O) groups is 2. The Morgan fingerprint density at radius 2 is 1.89 bits per heavy atom. The van der Waals surface area contributed by atoms with Crippen molar-refractivity contribution in [2.24, 2.45) is 0 Å². The maximum absolute atomic E-state index is 12.8. The lowest BCUT2D eigenvalue weighted by atomic mass is 10.1. The fourth-order valence-electron chi connectivity index (χ4n) is 2.40. The van der Waals surface area contributed by atoms with E-state index in [2.05, 4.69) is 10.3 Å². The molecule has 0 atom stereocenters. The Bertz CT molecular complexity index is 925. The second-order valence-corrected chi connectivity index (χ2v) is 7.89. The third kappa shape index (κ3) is 5.04. The van der Waals surface area contributed by atoms with Gasteiger partial charge in [0.15, 0.2) is 16.7 Å². The molecule has 27 heavy (non-hydrogen) atoms. The third-order valence-corrected chi connectivity index (χ3v) is 4.46. The van der Waals surface area contributed by atoms with Crippen molar-refractivity contribution >= 4 is 28.3 Å². The van der Waals surface area contributed by atoms with Gasteiger partial charge in [-0.15, -0.1) is 0 Å². The molecule has 0 spiro atoms. The Hall–Kier alpha value is -2.93. The number of nitrogens with one attached hydrogen (secondary N) is 1. The normalized spacial score (nSPS) is 11.2. The van der Waals surface area contributed by atoms with Gasteiger partial charge in [-0.05, 0) is 38.5 Å². The molecular formula is C20H20N2O4S. The second-order valence-electron chi connectivity index (χ2n) is 6.89. The summed E-state index contributed by atoms with van der Waals surface area (Å²) in [5, 5.41) is 2.88. The summed E-state index contributed by atoms with van der Waals surface area (Å²) in [5.74, 6) is 0.377. The molecule has 0 aliphatic rings. The molecule has 2 heterocycles. The Labute approximate surface area is 161 Å². The van der Waals surface area contributed by atoms with Gasteiger partial charge in [-0.2, -0.15) is 0 Å². The zero-order chi connectivity index (χ0) is 19.4. The molecule has 0 bridgehead atoms. The average molecular weight is 384 g/mol. The Balaban J connectivity index is 1.86.